The van der Waals surface area contributed by atoms with E-state index in [9.17, 15) is 4.79 Å². The van der Waals surface area contributed by atoms with Crippen molar-refractivity contribution in [3.8, 4) is 0 Å². The third-order valence-electron chi connectivity index (χ3n) is 3.14. The molecule has 124 valence electrons. The number of ether oxygens (including phenoxy) is 2. The standard InChI is InChI=1S/C14H30N4O3/c1-16-9-5-4-8-12(13(19)20-2)17-10-6-7-11-18-14(15)21-3/h12,16-17H,4-11H2,1-3H3,(H2,15,18)/t12-/m0/s1. The zero-order chi connectivity index (χ0) is 15.9. The van der Waals surface area contributed by atoms with Gasteiger partial charge in [-0.05, 0) is 45.8 Å². The van der Waals surface area contributed by atoms with Crippen molar-refractivity contribution in [2.75, 3.05) is 40.9 Å². The monoisotopic (exact) mass is 302 g/mol. The average molecular weight is 302 g/mol. The predicted molar refractivity (Wildman–Crippen MR) is 83.6 cm³/mol. The van der Waals surface area contributed by atoms with Crippen molar-refractivity contribution in [3.63, 3.8) is 0 Å². The van der Waals surface area contributed by atoms with Gasteiger partial charge >= 0.3 is 5.97 Å². The summed E-state index contributed by atoms with van der Waals surface area (Å²) in [5, 5.41) is 16.4. The van der Waals surface area contributed by atoms with Crippen LogP contribution in [0.2, 0.25) is 0 Å². The Kier molecular flexibility index (Phi) is 12.8. The molecule has 0 rings (SSSR count). The summed E-state index contributed by atoms with van der Waals surface area (Å²) in [6.07, 6.45) is 4.66. The summed E-state index contributed by atoms with van der Waals surface area (Å²) < 4.78 is 9.51. The highest BCUT2D eigenvalue weighted by Gasteiger charge is 2.17. The van der Waals surface area contributed by atoms with Crippen molar-refractivity contribution in [1.29, 1.82) is 5.41 Å². The van der Waals surface area contributed by atoms with Crippen LogP contribution in [0.1, 0.15) is 32.1 Å². The van der Waals surface area contributed by atoms with Gasteiger partial charge in [0, 0.05) is 6.54 Å². The maximum atomic E-state index is 11.7. The van der Waals surface area contributed by atoms with Crippen LogP contribution in [-0.2, 0) is 14.3 Å². The minimum Gasteiger partial charge on any atom is -0.469 e. The Labute approximate surface area is 127 Å². The first-order valence-corrected chi connectivity index (χ1v) is 7.48. The maximum absolute atomic E-state index is 11.7. The second-order valence-electron chi connectivity index (χ2n) is 4.80. The van der Waals surface area contributed by atoms with Crippen LogP contribution >= 0.6 is 0 Å². The van der Waals surface area contributed by atoms with E-state index in [0.717, 1.165) is 45.2 Å². The van der Waals surface area contributed by atoms with Gasteiger partial charge in [-0.25, -0.2) is 0 Å². The van der Waals surface area contributed by atoms with Gasteiger partial charge in [0.2, 0.25) is 0 Å². The maximum Gasteiger partial charge on any atom is 0.322 e. The quantitative estimate of drug-likeness (QED) is 0.181. The molecule has 0 aliphatic rings. The molecule has 4 N–H and O–H groups in total. The summed E-state index contributed by atoms with van der Waals surface area (Å²) in [7, 11) is 4.81. The van der Waals surface area contributed by atoms with Crippen molar-refractivity contribution < 1.29 is 14.3 Å². The number of nitrogens with one attached hydrogen (secondary N) is 4. The molecular weight excluding hydrogens is 272 g/mol. The fourth-order valence-corrected chi connectivity index (χ4v) is 1.90. The van der Waals surface area contributed by atoms with Crippen LogP contribution in [-0.4, -0.2) is 58.9 Å². The van der Waals surface area contributed by atoms with Gasteiger partial charge in [0.1, 0.15) is 6.04 Å². The zero-order valence-electron chi connectivity index (χ0n) is 13.5. The van der Waals surface area contributed by atoms with E-state index in [4.69, 9.17) is 14.9 Å². The number of hydrogen-bond acceptors (Lipinski definition) is 6. The molecule has 1 atom stereocenters. The van der Waals surface area contributed by atoms with Crippen LogP contribution in [0.5, 0.6) is 0 Å². The molecule has 0 saturated heterocycles. The lowest BCUT2D eigenvalue weighted by molar-refractivity contribution is -0.143. The largest absolute Gasteiger partial charge is 0.469 e. The summed E-state index contributed by atoms with van der Waals surface area (Å²) in [5.41, 5.74) is 0. The van der Waals surface area contributed by atoms with Crippen molar-refractivity contribution in [2.24, 2.45) is 0 Å². The van der Waals surface area contributed by atoms with Crippen LogP contribution in [0.25, 0.3) is 0 Å². The van der Waals surface area contributed by atoms with Gasteiger partial charge in [-0.15, -0.1) is 0 Å². The van der Waals surface area contributed by atoms with E-state index in [1.807, 2.05) is 7.05 Å². The van der Waals surface area contributed by atoms with E-state index in [1.54, 1.807) is 0 Å². The van der Waals surface area contributed by atoms with Crippen LogP contribution in [0.3, 0.4) is 0 Å². The lowest BCUT2D eigenvalue weighted by Gasteiger charge is -2.16. The number of carbonyl (C=O) groups excluding carboxylic acids is 1. The van der Waals surface area contributed by atoms with Gasteiger partial charge in [0.05, 0.1) is 14.2 Å². The minimum atomic E-state index is -0.225. The second kappa shape index (κ2) is 13.6. The fourth-order valence-electron chi connectivity index (χ4n) is 1.90. The van der Waals surface area contributed by atoms with E-state index < -0.39 is 0 Å². The summed E-state index contributed by atoms with van der Waals surface area (Å²) in [6, 6.07) is -0.142. The molecule has 0 aromatic heterocycles. The van der Waals surface area contributed by atoms with Crippen LogP contribution in [0.4, 0.5) is 0 Å². The molecule has 0 spiro atoms. The number of unbranched alkanes of at least 4 members (excludes halogenated alkanes) is 2. The molecule has 7 nitrogen and oxygen atoms in total. The van der Waals surface area contributed by atoms with Crippen LogP contribution < -0.4 is 16.0 Å². The Morgan fingerprint density at radius 1 is 1.05 bits per heavy atom. The van der Waals surface area contributed by atoms with E-state index >= 15 is 0 Å². The normalized spacial score (nSPS) is 11.8. The molecule has 7 heteroatoms. The molecule has 0 unspecified atom stereocenters. The molecule has 0 saturated carbocycles. The Morgan fingerprint density at radius 3 is 2.33 bits per heavy atom. The van der Waals surface area contributed by atoms with E-state index in [0.29, 0.717) is 6.54 Å². The molecule has 0 heterocycles. The van der Waals surface area contributed by atoms with Crippen molar-refractivity contribution in [3.05, 3.63) is 0 Å². The molecular formula is C14H30N4O3. The zero-order valence-corrected chi connectivity index (χ0v) is 13.5. The molecule has 0 aliphatic heterocycles. The Hall–Kier alpha value is -1.34. The van der Waals surface area contributed by atoms with Gasteiger partial charge in [-0.3, -0.25) is 10.2 Å². The topological polar surface area (TPSA) is 95.5 Å². The predicted octanol–water partition coefficient (Wildman–Crippen LogP) is 0.458. The van der Waals surface area contributed by atoms with Gasteiger partial charge in [-0.2, -0.15) is 0 Å². The van der Waals surface area contributed by atoms with Gasteiger partial charge in [0.25, 0.3) is 6.02 Å². The third kappa shape index (κ3) is 11.0. The molecule has 21 heavy (non-hydrogen) atoms. The third-order valence-corrected chi connectivity index (χ3v) is 3.14. The summed E-state index contributed by atoms with van der Waals surface area (Å²) in [4.78, 5) is 11.7. The summed E-state index contributed by atoms with van der Waals surface area (Å²) >= 11 is 0. The summed E-state index contributed by atoms with van der Waals surface area (Å²) in [5.74, 6) is -0.196. The highest BCUT2D eigenvalue weighted by Crippen LogP contribution is 2.03. The molecule has 0 aromatic carbocycles. The highest BCUT2D eigenvalue weighted by atomic mass is 16.5. The molecule has 0 fully saturated rings. The summed E-state index contributed by atoms with van der Waals surface area (Å²) in [6.45, 7) is 2.41. The number of rotatable bonds is 12. The van der Waals surface area contributed by atoms with Crippen LogP contribution in [0, 0.1) is 5.41 Å². The number of esters is 1. The molecule has 0 bridgehead atoms. The molecule has 0 radical (unpaired) electrons. The van der Waals surface area contributed by atoms with Crippen molar-refractivity contribution >= 4 is 12.0 Å². The number of methoxy groups -OCH3 is 2. The molecule has 0 aromatic rings. The van der Waals surface area contributed by atoms with Gasteiger partial charge in [-0.1, -0.05) is 6.42 Å². The number of amidine groups is 1. The first-order chi connectivity index (χ1) is 10.2. The van der Waals surface area contributed by atoms with E-state index in [2.05, 4.69) is 16.0 Å². The molecule has 0 aliphatic carbocycles. The fraction of sp³-hybridized carbons (Fsp3) is 0.857. The number of hydrogen-bond donors (Lipinski definition) is 4. The van der Waals surface area contributed by atoms with E-state index in [1.165, 1.54) is 14.2 Å². The Morgan fingerprint density at radius 2 is 1.71 bits per heavy atom. The first kappa shape index (κ1) is 19.7. The SMILES string of the molecule is CNCCCC[C@H](NCCCCNC(=N)OC)C(=O)OC. The van der Waals surface area contributed by atoms with E-state index in [-0.39, 0.29) is 18.0 Å². The van der Waals surface area contributed by atoms with Gasteiger partial charge in [0.15, 0.2) is 0 Å². The van der Waals surface area contributed by atoms with Crippen molar-refractivity contribution in [1.82, 2.24) is 16.0 Å². The first-order valence-electron chi connectivity index (χ1n) is 7.48. The lowest BCUT2D eigenvalue weighted by Crippen LogP contribution is -2.38. The second-order valence-corrected chi connectivity index (χ2v) is 4.80. The Balaban J connectivity index is 3.75. The Bertz CT molecular complexity index is 287. The highest BCUT2D eigenvalue weighted by molar-refractivity contribution is 5.75. The van der Waals surface area contributed by atoms with Crippen LogP contribution in [0.15, 0.2) is 0 Å². The van der Waals surface area contributed by atoms with Gasteiger partial charge < -0.3 is 25.4 Å². The molecule has 0 amide bonds. The number of carbonyl (C=O) groups is 1. The smallest absolute Gasteiger partial charge is 0.322 e. The lowest BCUT2D eigenvalue weighted by atomic mass is 10.1. The average Bonchev–Trinajstić information content (AvgIpc) is 2.51. The van der Waals surface area contributed by atoms with Crippen molar-refractivity contribution in [2.45, 2.75) is 38.1 Å². The minimum absolute atomic E-state index is 0.0833.